The van der Waals surface area contributed by atoms with Crippen molar-refractivity contribution in [1.29, 1.82) is 0 Å². The van der Waals surface area contributed by atoms with Crippen LogP contribution in [0.5, 0.6) is 0 Å². The minimum atomic E-state index is -0.931. The van der Waals surface area contributed by atoms with Crippen molar-refractivity contribution in [2.45, 2.75) is 98.3 Å². The molecule has 0 saturated carbocycles. The molecule has 1 aromatic rings. The van der Waals surface area contributed by atoms with Crippen LogP contribution in [0, 0.1) is 6.92 Å². The molecule has 1 aromatic carbocycles. The SMILES string of the molecule is CCCCCCN(C(=O)C(C)NC(=O)OC(C)(C)C)C(C(=O)NCCC(=O)OCC)c1cccc(C)c1. The van der Waals surface area contributed by atoms with E-state index in [1.54, 1.807) is 40.7 Å². The first kappa shape index (κ1) is 31.9. The van der Waals surface area contributed by atoms with Gasteiger partial charge < -0.3 is 25.0 Å². The molecule has 2 unspecified atom stereocenters. The number of esters is 1. The number of benzene rings is 1. The van der Waals surface area contributed by atoms with Gasteiger partial charge in [-0.25, -0.2) is 4.79 Å². The third-order valence-electron chi connectivity index (χ3n) is 5.49. The van der Waals surface area contributed by atoms with Gasteiger partial charge in [0, 0.05) is 13.1 Å². The first-order chi connectivity index (χ1) is 17.4. The van der Waals surface area contributed by atoms with E-state index in [-0.39, 0.29) is 19.6 Å². The number of alkyl carbamates (subject to hydrolysis) is 1. The number of rotatable bonds is 14. The van der Waals surface area contributed by atoms with Crippen molar-refractivity contribution in [3.05, 3.63) is 35.4 Å². The van der Waals surface area contributed by atoms with Crippen LogP contribution in [-0.4, -0.2) is 60.1 Å². The number of hydrogen-bond acceptors (Lipinski definition) is 6. The molecule has 208 valence electrons. The Morgan fingerprint density at radius 2 is 1.76 bits per heavy atom. The molecule has 2 N–H and O–H groups in total. The number of nitrogens with zero attached hydrogens (tertiary/aromatic N) is 1. The van der Waals surface area contributed by atoms with Crippen molar-refractivity contribution < 1.29 is 28.7 Å². The molecule has 0 bridgehead atoms. The molecule has 3 amide bonds. The summed E-state index contributed by atoms with van der Waals surface area (Å²) in [5.74, 6) is -1.20. The summed E-state index contributed by atoms with van der Waals surface area (Å²) in [7, 11) is 0. The van der Waals surface area contributed by atoms with Gasteiger partial charge in [-0.3, -0.25) is 14.4 Å². The van der Waals surface area contributed by atoms with E-state index in [0.717, 1.165) is 24.8 Å². The molecule has 0 fully saturated rings. The fourth-order valence-corrected chi connectivity index (χ4v) is 3.80. The maximum absolute atomic E-state index is 13.7. The number of hydrogen-bond donors (Lipinski definition) is 2. The zero-order valence-corrected chi connectivity index (χ0v) is 23.5. The van der Waals surface area contributed by atoms with Crippen LogP contribution in [0.25, 0.3) is 0 Å². The third kappa shape index (κ3) is 12.1. The first-order valence-corrected chi connectivity index (χ1v) is 13.2. The maximum Gasteiger partial charge on any atom is 0.408 e. The molecule has 0 aliphatic carbocycles. The highest BCUT2D eigenvalue weighted by Gasteiger charge is 2.34. The standard InChI is InChI=1S/C28H45N3O6/c1-8-10-11-12-18-31(26(34)21(4)30-27(35)37-28(5,6)7)24(22-15-13-14-20(3)19-22)25(33)29-17-16-23(32)36-9-2/h13-15,19,21,24H,8-12,16-18H2,1-7H3,(H,29,33)(H,30,35). The van der Waals surface area contributed by atoms with Crippen LogP contribution in [0.2, 0.25) is 0 Å². The lowest BCUT2D eigenvalue weighted by Gasteiger charge is -2.34. The zero-order chi connectivity index (χ0) is 28.0. The third-order valence-corrected chi connectivity index (χ3v) is 5.49. The summed E-state index contributed by atoms with van der Waals surface area (Å²) in [4.78, 5) is 52.8. The molecule has 1 rings (SSSR count). The molecule has 0 aromatic heterocycles. The minimum Gasteiger partial charge on any atom is -0.466 e. The van der Waals surface area contributed by atoms with Crippen molar-refractivity contribution in [1.82, 2.24) is 15.5 Å². The number of ether oxygens (including phenoxy) is 2. The average Bonchev–Trinajstić information content (AvgIpc) is 2.79. The highest BCUT2D eigenvalue weighted by atomic mass is 16.6. The van der Waals surface area contributed by atoms with Crippen LogP contribution in [0.4, 0.5) is 4.79 Å². The molecule has 0 radical (unpaired) electrons. The summed E-state index contributed by atoms with van der Waals surface area (Å²) >= 11 is 0. The van der Waals surface area contributed by atoms with Crippen LogP contribution in [-0.2, 0) is 23.9 Å². The largest absolute Gasteiger partial charge is 0.466 e. The van der Waals surface area contributed by atoms with E-state index >= 15 is 0 Å². The fraction of sp³-hybridized carbons (Fsp3) is 0.643. The Balaban J connectivity index is 3.24. The molecule has 9 heteroatoms. The minimum absolute atomic E-state index is 0.0289. The maximum atomic E-state index is 13.7. The van der Waals surface area contributed by atoms with Crippen LogP contribution < -0.4 is 10.6 Å². The molecular formula is C28H45N3O6. The van der Waals surface area contributed by atoms with Crippen LogP contribution in [0.1, 0.15) is 90.8 Å². The van der Waals surface area contributed by atoms with Crippen LogP contribution in [0.15, 0.2) is 24.3 Å². The number of amides is 3. The van der Waals surface area contributed by atoms with E-state index < -0.39 is 41.6 Å². The van der Waals surface area contributed by atoms with Gasteiger partial charge in [-0.1, -0.05) is 56.0 Å². The first-order valence-electron chi connectivity index (χ1n) is 13.2. The smallest absolute Gasteiger partial charge is 0.408 e. The Kier molecular flexibility index (Phi) is 13.7. The molecule has 37 heavy (non-hydrogen) atoms. The molecule has 0 aliphatic heterocycles. The van der Waals surface area contributed by atoms with E-state index in [9.17, 15) is 19.2 Å². The Morgan fingerprint density at radius 1 is 1.05 bits per heavy atom. The summed E-state index contributed by atoms with van der Waals surface area (Å²) in [6.45, 7) is 13.2. The molecule has 9 nitrogen and oxygen atoms in total. The molecule has 0 saturated heterocycles. The summed E-state index contributed by atoms with van der Waals surface area (Å²) < 4.78 is 10.3. The summed E-state index contributed by atoms with van der Waals surface area (Å²) in [5, 5.41) is 5.39. The monoisotopic (exact) mass is 519 g/mol. The normalized spacial score (nSPS) is 12.7. The zero-order valence-electron chi connectivity index (χ0n) is 23.5. The van der Waals surface area contributed by atoms with Gasteiger partial charge in [0.05, 0.1) is 13.0 Å². The van der Waals surface area contributed by atoms with E-state index in [1.165, 1.54) is 4.90 Å². The lowest BCUT2D eigenvalue weighted by molar-refractivity contribution is -0.144. The lowest BCUT2D eigenvalue weighted by atomic mass is 10.0. The number of unbranched alkanes of at least 4 members (excludes halogenated alkanes) is 3. The molecule has 0 aliphatic rings. The Hall–Kier alpha value is -3.10. The number of carbonyl (C=O) groups is 4. The lowest BCUT2D eigenvalue weighted by Crippen LogP contribution is -2.52. The van der Waals surface area contributed by atoms with Gasteiger partial charge in [-0.2, -0.15) is 0 Å². The highest BCUT2D eigenvalue weighted by molar-refractivity contribution is 5.92. The summed E-state index contributed by atoms with van der Waals surface area (Å²) in [6, 6.07) is 5.58. The van der Waals surface area contributed by atoms with Crippen LogP contribution >= 0.6 is 0 Å². The second-order valence-electron chi connectivity index (χ2n) is 10.1. The van der Waals surface area contributed by atoms with Gasteiger partial charge in [0.25, 0.3) is 0 Å². The number of aryl methyl sites for hydroxylation is 1. The van der Waals surface area contributed by atoms with Crippen molar-refractivity contribution in [3.63, 3.8) is 0 Å². The van der Waals surface area contributed by atoms with E-state index in [2.05, 4.69) is 17.6 Å². The van der Waals surface area contributed by atoms with Gasteiger partial charge in [0.1, 0.15) is 17.7 Å². The van der Waals surface area contributed by atoms with Gasteiger partial charge in [0.2, 0.25) is 11.8 Å². The fourth-order valence-electron chi connectivity index (χ4n) is 3.80. The molecule has 0 spiro atoms. The van der Waals surface area contributed by atoms with E-state index in [4.69, 9.17) is 9.47 Å². The van der Waals surface area contributed by atoms with Gasteiger partial charge >= 0.3 is 12.1 Å². The van der Waals surface area contributed by atoms with E-state index in [1.807, 2.05) is 25.1 Å². The van der Waals surface area contributed by atoms with Gasteiger partial charge in [0.15, 0.2) is 0 Å². The quantitative estimate of drug-likeness (QED) is 0.278. The van der Waals surface area contributed by atoms with Gasteiger partial charge in [-0.15, -0.1) is 0 Å². The topological polar surface area (TPSA) is 114 Å². The van der Waals surface area contributed by atoms with Crippen molar-refractivity contribution in [2.75, 3.05) is 19.7 Å². The Morgan fingerprint density at radius 3 is 2.35 bits per heavy atom. The molecule has 0 heterocycles. The average molecular weight is 520 g/mol. The van der Waals surface area contributed by atoms with Crippen molar-refractivity contribution in [3.8, 4) is 0 Å². The number of carbonyl (C=O) groups excluding carboxylic acids is 4. The van der Waals surface area contributed by atoms with Crippen LogP contribution in [0.3, 0.4) is 0 Å². The second-order valence-corrected chi connectivity index (χ2v) is 10.1. The molecular weight excluding hydrogens is 474 g/mol. The summed E-state index contributed by atoms with van der Waals surface area (Å²) in [5.41, 5.74) is 0.886. The van der Waals surface area contributed by atoms with Crippen molar-refractivity contribution in [2.24, 2.45) is 0 Å². The number of nitrogens with one attached hydrogen (secondary N) is 2. The Labute approximate surface area is 221 Å². The van der Waals surface area contributed by atoms with E-state index in [0.29, 0.717) is 18.5 Å². The van der Waals surface area contributed by atoms with Gasteiger partial charge in [-0.05, 0) is 53.5 Å². The highest BCUT2D eigenvalue weighted by Crippen LogP contribution is 2.24. The Bertz CT molecular complexity index is 896. The predicted molar refractivity (Wildman–Crippen MR) is 143 cm³/mol. The molecule has 2 atom stereocenters. The predicted octanol–water partition coefficient (Wildman–Crippen LogP) is 4.43. The van der Waals surface area contributed by atoms with Crippen molar-refractivity contribution >= 4 is 23.9 Å². The second kappa shape index (κ2) is 15.9. The summed E-state index contributed by atoms with van der Waals surface area (Å²) in [6.07, 6.45) is 2.97.